The van der Waals surface area contributed by atoms with Crippen molar-refractivity contribution >= 4 is 17.5 Å². The van der Waals surface area contributed by atoms with Gasteiger partial charge in [0.15, 0.2) is 0 Å². The van der Waals surface area contributed by atoms with Gasteiger partial charge >= 0.3 is 0 Å². The zero-order chi connectivity index (χ0) is 19.1. The number of hydrogen-bond acceptors (Lipinski definition) is 5. The maximum atomic E-state index is 12.3. The first-order valence-corrected chi connectivity index (χ1v) is 8.42. The van der Waals surface area contributed by atoms with Crippen molar-refractivity contribution in [2.24, 2.45) is 0 Å². The number of fused-ring (bicyclic) bond motifs is 1. The van der Waals surface area contributed by atoms with Gasteiger partial charge in [0.2, 0.25) is 5.91 Å². The largest absolute Gasteiger partial charge is 0.489 e. The van der Waals surface area contributed by atoms with E-state index in [1.165, 1.54) is 4.90 Å². The predicted molar refractivity (Wildman–Crippen MR) is 99.4 cm³/mol. The van der Waals surface area contributed by atoms with Gasteiger partial charge in [0.1, 0.15) is 12.4 Å². The molecule has 0 aromatic heterocycles. The van der Waals surface area contributed by atoms with Crippen LogP contribution in [0.25, 0.3) is 0 Å². The lowest BCUT2D eigenvalue weighted by molar-refractivity contribution is -0.129. The van der Waals surface area contributed by atoms with Crippen LogP contribution in [-0.4, -0.2) is 70.3 Å². The van der Waals surface area contributed by atoms with Crippen molar-refractivity contribution in [2.75, 3.05) is 52.4 Å². The first-order chi connectivity index (χ1) is 12.5. The molecule has 1 aromatic rings. The quantitative estimate of drug-likeness (QED) is 0.574. The van der Waals surface area contributed by atoms with Crippen LogP contribution in [0.15, 0.2) is 18.2 Å². The van der Waals surface area contributed by atoms with Crippen LogP contribution in [0.2, 0.25) is 0 Å². The lowest BCUT2D eigenvalue weighted by atomic mass is 10.1. The maximum Gasteiger partial charge on any atom is 0.251 e. The molecule has 0 radical (unpaired) electrons. The number of carbonyl (C=O) groups excluding carboxylic acids is 2. The summed E-state index contributed by atoms with van der Waals surface area (Å²) in [7, 11) is 5.16. The topological polar surface area (TPSA) is 71.1 Å². The van der Waals surface area contributed by atoms with Gasteiger partial charge in [0.25, 0.3) is 5.91 Å². The molecule has 0 aliphatic carbocycles. The van der Waals surface area contributed by atoms with Gasteiger partial charge in [-0.2, -0.15) is 0 Å². The van der Waals surface area contributed by atoms with E-state index in [0.717, 1.165) is 5.69 Å². The summed E-state index contributed by atoms with van der Waals surface area (Å²) in [4.78, 5) is 28.0. The van der Waals surface area contributed by atoms with Gasteiger partial charge < -0.3 is 24.6 Å². The average Bonchev–Trinajstić information content (AvgIpc) is 2.64. The number of benzene rings is 1. The Bertz CT molecular complexity index is 699. The van der Waals surface area contributed by atoms with Crippen molar-refractivity contribution in [2.45, 2.75) is 12.5 Å². The molecule has 1 heterocycles. The molecule has 26 heavy (non-hydrogen) atoms. The minimum Gasteiger partial charge on any atom is -0.489 e. The first kappa shape index (κ1) is 19.6. The third-order valence-electron chi connectivity index (χ3n) is 4.34. The molecule has 2 amide bonds. The molecular weight excluding hydrogens is 334 g/mol. The highest BCUT2D eigenvalue weighted by molar-refractivity contribution is 5.95. The molecule has 0 bridgehead atoms. The molecule has 0 unspecified atom stereocenters. The van der Waals surface area contributed by atoms with E-state index in [4.69, 9.17) is 15.9 Å². The molecule has 0 fully saturated rings. The average molecular weight is 359 g/mol. The number of amides is 2. The number of hydrogen-bond donors (Lipinski definition) is 1. The Morgan fingerprint density at radius 2 is 2.27 bits per heavy atom. The van der Waals surface area contributed by atoms with Crippen LogP contribution in [0.5, 0.6) is 5.75 Å². The second kappa shape index (κ2) is 9.11. The summed E-state index contributed by atoms with van der Waals surface area (Å²) in [5.74, 6) is 2.94. The zero-order valence-corrected chi connectivity index (χ0v) is 15.4. The maximum absolute atomic E-state index is 12.3. The molecule has 1 N–H and O–H groups in total. The molecule has 2 rings (SSSR count). The van der Waals surface area contributed by atoms with Gasteiger partial charge in [0.05, 0.1) is 31.3 Å². The van der Waals surface area contributed by atoms with Gasteiger partial charge in [-0.1, -0.05) is 5.92 Å². The fraction of sp³-hybridized carbons (Fsp3) is 0.474. The number of carbonyl (C=O) groups is 2. The van der Waals surface area contributed by atoms with E-state index >= 15 is 0 Å². The summed E-state index contributed by atoms with van der Waals surface area (Å²) in [6.07, 6.45) is 5.54. The highest BCUT2D eigenvalue weighted by atomic mass is 16.5. The van der Waals surface area contributed by atoms with Gasteiger partial charge in [-0.05, 0) is 18.2 Å². The van der Waals surface area contributed by atoms with Crippen LogP contribution in [-0.2, 0) is 9.53 Å². The lowest BCUT2D eigenvalue weighted by Crippen LogP contribution is -2.44. The standard InChI is InChI=1S/C19H25N3O4/c1-5-9-21(2)18(23)12-15-13-26-17-7-6-14(11-16(17)22(15)3)19(24)20-8-10-25-4/h1,6-7,11,15H,8-10,12-13H2,2-4H3,(H,20,24)/t15-/m1/s1. The molecule has 1 aliphatic heterocycles. The number of nitrogens with one attached hydrogen (secondary N) is 1. The highest BCUT2D eigenvalue weighted by Gasteiger charge is 2.28. The molecule has 1 atom stereocenters. The van der Waals surface area contributed by atoms with Crippen LogP contribution >= 0.6 is 0 Å². The number of anilines is 1. The minimum atomic E-state index is -0.176. The Labute approximate surface area is 154 Å². The number of ether oxygens (including phenoxy) is 2. The van der Waals surface area contributed by atoms with Crippen molar-refractivity contribution in [3.63, 3.8) is 0 Å². The summed E-state index contributed by atoms with van der Waals surface area (Å²) in [6, 6.07) is 5.15. The molecule has 7 nitrogen and oxygen atoms in total. The van der Waals surface area contributed by atoms with E-state index in [-0.39, 0.29) is 24.4 Å². The predicted octanol–water partition coefficient (Wildman–Crippen LogP) is 0.742. The van der Waals surface area contributed by atoms with E-state index in [2.05, 4.69) is 11.2 Å². The number of rotatable bonds is 7. The van der Waals surface area contributed by atoms with Crippen LogP contribution in [0, 0.1) is 12.3 Å². The SMILES string of the molecule is C#CCN(C)C(=O)C[C@@H]1COc2ccc(C(=O)NCCOC)cc2N1C. The second-order valence-corrected chi connectivity index (χ2v) is 6.16. The Morgan fingerprint density at radius 1 is 1.50 bits per heavy atom. The van der Waals surface area contributed by atoms with Gasteiger partial charge in [-0.25, -0.2) is 0 Å². The fourth-order valence-corrected chi connectivity index (χ4v) is 2.70. The number of methoxy groups -OCH3 is 1. The third-order valence-corrected chi connectivity index (χ3v) is 4.34. The highest BCUT2D eigenvalue weighted by Crippen LogP contribution is 2.34. The molecule has 7 heteroatoms. The number of terminal acetylenes is 1. The Kier molecular flexibility index (Phi) is 6.87. The van der Waals surface area contributed by atoms with Crippen molar-refractivity contribution in [1.29, 1.82) is 0 Å². The Balaban J connectivity index is 2.09. The molecular formula is C19H25N3O4. The van der Waals surface area contributed by atoms with Crippen molar-refractivity contribution in [3.05, 3.63) is 23.8 Å². The third kappa shape index (κ3) is 4.67. The molecule has 0 saturated heterocycles. The molecule has 1 aromatic carbocycles. The Morgan fingerprint density at radius 3 is 2.96 bits per heavy atom. The van der Waals surface area contributed by atoms with Crippen LogP contribution in [0.3, 0.4) is 0 Å². The van der Waals surface area contributed by atoms with Crippen LogP contribution < -0.4 is 15.0 Å². The second-order valence-electron chi connectivity index (χ2n) is 6.16. The Hall–Kier alpha value is -2.72. The van der Waals surface area contributed by atoms with E-state index in [1.807, 2.05) is 11.9 Å². The van der Waals surface area contributed by atoms with Crippen LogP contribution in [0.4, 0.5) is 5.69 Å². The lowest BCUT2D eigenvalue weighted by Gasteiger charge is -2.36. The normalized spacial score (nSPS) is 15.5. The van der Waals surface area contributed by atoms with Crippen molar-refractivity contribution < 1.29 is 19.1 Å². The molecule has 0 spiro atoms. The summed E-state index contributed by atoms with van der Waals surface area (Å²) in [6.45, 7) is 1.57. The summed E-state index contributed by atoms with van der Waals surface area (Å²) in [5.41, 5.74) is 1.32. The van der Waals surface area contributed by atoms with Crippen molar-refractivity contribution in [1.82, 2.24) is 10.2 Å². The number of likely N-dealkylation sites (N-methyl/N-ethyl adjacent to an activating group) is 1. The van der Waals surface area contributed by atoms with E-state index in [1.54, 1.807) is 32.4 Å². The number of nitrogens with zero attached hydrogens (tertiary/aromatic N) is 2. The summed E-state index contributed by atoms with van der Waals surface area (Å²) < 4.78 is 10.7. The smallest absolute Gasteiger partial charge is 0.251 e. The van der Waals surface area contributed by atoms with Crippen molar-refractivity contribution in [3.8, 4) is 18.1 Å². The fourth-order valence-electron chi connectivity index (χ4n) is 2.70. The summed E-state index contributed by atoms with van der Waals surface area (Å²) in [5, 5.41) is 2.79. The van der Waals surface area contributed by atoms with E-state index in [0.29, 0.717) is 37.5 Å². The molecule has 140 valence electrons. The monoisotopic (exact) mass is 359 g/mol. The first-order valence-electron chi connectivity index (χ1n) is 8.42. The summed E-state index contributed by atoms with van der Waals surface area (Å²) >= 11 is 0. The minimum absolute atomic E-state index is 0.0414. The van der Waals surface area contributed by atoms with E-state index < -0.39 is 0 Å². The van der Waals surface area contributed by atoms with Crippen LogP contribution in [0.1, 0.15) is 16.8 Å². The van der Waals surface area contributed by atoms with E-state index in [9.17, 15) is 9.59 Å². The zero-order valence-electron chi connectivity index (χ0n) is 15.4. The molecule has 1 aliphatic rings. The van der Waals surface area contributed by atoms with Gasteiger partial charge in [0, 0.05) is 33.3 Å². The van der Waals surface area contributed by atoms with Gasteiger partial charge in [-0.15, -0.1) is 6.42 Å². The van der Waals surface area contributed by atoms with Gasteiger partial charge in [-0.3, -0.25) is 9.59 Å². The molecule has 0 saturated carbocycles.